The molecule has 0 aliphatic carbocycles. The van der Waals surface area contributed by atoms with Crippen molar-refractivity contribution in [2.75, 3.05) is 36.8 Å². The lowest BCUT2D eigenvalue weighted by Crippen LogP contribution is -2.48. The van der Waals surface area contributed by atoms with Crippen LogP contribution in [0.4, 0.5) is 16.6 Å². The second-order valence-corrected chi connectivity index (χ2v) is 7.32. The lowest BCUT2D eigenvalue weighted by molar-refractivity contribution is -0.103. The van der Waals surface area contributed by atoms with Crippen molar-refractivity contribution in [1.29, 1.82) is 0 Å². The van der Waals surface area contributed by atoms with Gasteiger partial charge in [0.05, 0.1) is 24.6 Å². The van der Waals surface area contributed by atoms with Gasteiger partial charge >= 0.3 is 6.09 Å². The molecule has 1 aromatic carbocycles. The Kier molecular flexibility index (Phi) is 5.22. The van der Waals surface area contributed by atoms with Crippen molar-refractivity contribution in [2.45, 2.75) is 13.0 Å². The summed E-state index contributed by atoms with van der Waals surface area (Å²) < 4.78 is 0. The van der Waals surface area contributed by atoms with E-state index in [2.05, 4.69) is 25.2 Å². The highest BCUT2D eigenvalue weighted by Gasteiger charge is 2.24. The molecule has 10 heteroatoms. The molecule has 1 atom stereocenters. The minimum atomic E-state index is -0.460. The van der Waals surface area contributed by atoms with E-state index < -0.39 is 6.09 Å². The Morgan fingerprint density at radius 2 is 1.96 bits per heavy atom. The van der Waals surface area contributed by atoms with Gasteiger partial charge in [0.15, 0.2) is 10.6 Å². The van der Waals surface area contributed by atoms with Gasteiger partial charge in [0.1, 0.15) is 5.52 Å². The molecule has 0 radical (unpaired) electrons. The van der Waals surface area contributed by atoms with Crippen molar-refractivity contribution in [3.8, 4) is 0 Å². The van der Waals surface area contributed by atoms with Crippen LogP contribution in [-0.2, 0) is 4.84 Å². The van der Waals surface area contributed by atoms with E-state index >= 15 is 0 Å². The number of hydrogen-bond acceptors (Lipinski definition) is 9. The topological polar surface area (TPSA) is 110 Å². The van der Waals surface area contributed by atoms with E-state index in [-0.39, 0.29) is 12.0 Å². The Balaban J connectivity index is 1.33. The number of rotatable bonds is 4. The first-order valence-electron chi connectivity index (χ1n) is 9.00. The summed E-state index contributed by atoms with van der Waals surface area (Å²) in [6, 6.07) is 9.64. The summed E-state index contributed by atoms with van der Waals surface area (Å²) in [6.45, 7) is 4.33. The van der Waals surface area contributed by atoms with Crippen LogP contribution in [0.3, 0.4) is 0 Å². The van der Waals surface area contributed by atoms with Crippen LogP contribution in [0.15, 0.2) is 35.8 Å². The standard InChI is InChI=1S/C18H21N7O2S/c1-12(13-5-3-2-4-6-13)21-18(26)27-25-9-7-24(8-10-25)15-14-16(28-11-20-14)23-17(19)22-15/h2-6,11-12H,7-10H2,1H3,(H,21,26)(H2,19,22,23). The van der Waals surface area contributed by atoms with Gasteiger partial charge in [0, 0.05) is 13.1 Å². The summed E-state index contributed by atoms with van der Waals surface area (Å²) in [4.78, 5) is 33.4. The number of anilines is 2. The van der Waals surface area contributed by atoms with Crippen LogP contribution in [0.5, 0.6) is 0 Å². The van der Waals surface area contributed by atoms with Crippen LogP contribution in [-0.4, -0.2) is 52.3 Å². The van der Waals surface area contributed by atoms with Crippen LogP contribution in [0.25, 0.3) is 10.3 Å². The van der Waals surface area contributed by atoms with Crippen molar-refractivity contribution < 1.29 is 9.63 Å². The van der Waals surface area contributed by atoms with E-state index in [1.54, 1.807) is 10.6 Å². The quantitative estimate of drug-likeness (QED) is 0.687. The van der Waals surface area contributed by atoms with Crippen molar-refractivity contribution in [3.05, 3.63) is 41.4 Å². The molecule has 0 spiro atoms. The molecule has 28 heavy (non-hydrogen) atoms. The molecular weight excluding hydrogens is 378 g/mol. The zero-order chi connectivity index (χ0) is 19.5. The molecule has 3 N–H and O–H groups in total. The van der Waals surface area contributed by atoms with Crippen LogP contribution in [0.2, 0.25) is 0 Å². The maximum atomic E-state index is 12.2. The number of aromatic nitrogens is 3. The number of hydrogen-bond donors (Lipinski definition) is 2. The number of nitrogens with two attached hydrogens (primary N) is 1. The first-order chi connectivity index (χ1) is 13.6. The summed E-state index contributed by atoms with van der Waals surface area (Å²) in [5.41, 5.74) is 9.33. The number of piperazine rings is 1. The lowest BCUT2D eigenvalue weighted by Gasteiger charge is -2.34. The number of amides is 1. The van der Waals surface area contributed by atoms with Gasteiger partial charge in [-0.2, -0.15) is 4.98 Å². The molecule has 1 saturated heterocycles. The molecule has 1 unspecified atom stereocenters. The minimum absolute atomic E-state index is 0.128. The number of nitrogens with one attached hydrogen (secondary N) is 1. The van der Waals surface area contributed by atoms with E-state index in [1.807, 2.05) is 37.3 Å². The second kappa shape index (κ2) is 7.95. The molecule has 4 rings (SSSR count). The Bertz CT molecular complexity index is 957. The largest absolute Gasteiger partial charge is 0.426 e. The highest BCUT2D eigenvalue weighted by atomic mass is 32.1. The molecule has 3 heterocycles. The Labute approximate surface area is 166 Å². The highest BCUT2D eigenvalue weighted by molar-refractivity contribution is 7.16. The molecule has 146 valence electrons. The van der Waals surface area contributed by atoms with Crippen molar-refractivity contribution >= 4 is 39.5 Å². The molecule has 0 saturated carbocycles. The van der Waals surface area contributed by atoms with E-state index in [0.29, 0.717) is 26.2 Å². The second-order valence-electron chi connectivity index (χ2n) is 6.48. The maximum Gasteiger partial charge on any atom is 0.426 e. The molecule has 3 aromatic rings. The molecule has 1 aliphatic heterocycles. The summed E-state index contributed by atoms with van der Waals surface area (Å²) in [5, 5.41) is 4.51. The molecule has 9 nitrogen and oxygen atoms in total. The molecule has 0 bridgehead atoms. The number of benzene rings is 1. The van der Waals surface area contributed by atoms with Crippen molar-refractivity contribution in [3.63, 3.8) is 0 Å². The van der Waals surface area contributed by atoms with Crippen LogP contribution in [0, 0.1) is 0 Å². The van der Waals surface area contributed by atoms with Gasteiger partial charge in [-0.15, -0.1) is 16.4 Å². The lowest BCUT2D eigenvalue weighted by atomic mass is 10.1. The van der Waals surface area contributed by atoms with Crippen LogP contribution in [0.1, 0.15) is 18.5 Å². The van der Waals surface area contributed by atoms with Crippen LogP contribution >= 0.6 is 11.3 Å². The number of nitrogens with zero attached hydrogens (tertiary/aromatic N) is 5. The number of carbonyl (C=O) groups excluding carboxylic acids is 1. The normalized spacial score (nSPS) is 16.1. The Morgan fingerprint density at radius 1 is 1.21 bits per heavy atom. The monoisotopic (exact) mass is 399 g/mol. The average Bonchev–Trinajstić information content (AvgIpc) is 3.17. The zero-order valence-electron chi connectivity index (χ0n) is 15.4. The molecule has 1 aliphatic rings. The first-order valence-corrected chi connectivity index (χ1v) is 9.88. The highest BCUT2D eigenvalue weighted by Crippen LogP contribution is 2.26. The molecule has 1 amide bonds. The summed E-state index contributed by atoms with van der Waals surface area (Å²) in [7, 11) is 0. The van der Waals surface area contributed by atoms with Crippen molar-refractivity contribution in [2.24, 2.45) is 0 Å². The fraction of sp³-hybridized carbons (Fsp3) is 0.333. The third-order valence-corrected chi connectivity index (χ3v) is 5.30. The number of hydroxylamine groups is 2. The number of fused-ring (bicyclic) bond motifs is 1. The van der Waals surface area contributed by atoms with Crippen LogP contribution < -0.4 is 16.0 Å². The van der Waals surface area contributed by atoms with Gasteiger partial charge in [-0.1, -0.05) is 30.3 Å². The average molecular weight is 399 g/mol. The summed E-state index contributed by atoms with van der Waals surface area (Å²) in [5.74, 6) is 0.963. The predicted molar refractivity (Wildman–Crippen MR) is 108 cm³/mol. The van der Waals surface area contributed by atoms with Gasteiger partial charge in [0.2, 0.25) is 5.95 Å². The number of carbonyl (C=O) groups is 1. The third kappa shape index (κ3) is 3.97. The zero-order valence-corrected chi connectivity index (χ0v) is 16.2. The van der Waals surface area contributed by atoms with Gasteiger partial charge in [-0.25, -0.2) is 14.8 Å². The minimum Gasteiger partial charge on any atom is -0.368 e. The SMILES string of the molecule is CC(NC(=O)ON1CCN(c2nc(N)nc3scnc23)CC1)c1ccccc1. The first kappa shape index (κ1) is 18.4. The predicted octanol–water partition coefficient (Wildman–Crippen LogP) is 2.19. The van der Waals surface area contributed by atoms with E-state index in [0.717, 1.165) is 21.7 Å². The maximum absolute atomic E-state index is 12.2. The van der Waals surface area contributed by atoms with E-state index in [9.17, 15) is 4.79 Å². The Hall–Kier alpha value is -2.98. The Morgan fingerprint density at radius 3 is 2.71 bits per heavy atom. The molecule has 2 aromatic heterocycles. The van der Waals surface area contributed by atoms with Gasteiger partial charge in [-0.05, 0) is 12.5 Å². The molecular formula is C18H21N7O2S. The fourth-order valence-corrected chi connectivity index (χ4v) is 3.78. The third-order valence-electron chi connectivity index (χ3n) is 4.58. The number of thiazole rings is 1. The van der Waals surface area contributed by atoms with Crippen molar-refractivity contribution in [1.82, 2.24) is 25.3 Å². The molecule has 1 fully saturated rings. The fourth-order valence-electron chi connectivity index (χ4n) is 3.12. The van der Waals surface area contributed by atoms with Gasteiger partial charge in [0.25, 0.3) is 0 Å². The van der Waals surface area contributed by atoms with E-state index in [1.165, 1.54) is 11.3 Å². The summed E-state index contributed by atoms with van der Waals surface area (Å²) >= 11 is 1.44. The van der Waals surface area contributed by atoms with Gasteiger partial charge < -0.3 is 20.8 Å². The smallest absolute Gasteiger partial charge is 0.368 e. The number of nitrogen functional groups attached to an aromatic ring is 1. The summed E-state index contributed by atoms with van der Waals surface area (Å²) in [6.07, 6.45) is -0.460. The van der Waals surface area contributed by atoms with Gasteiger partial charge in [-0.3, -0.25) is 0 Å². The van der Waals surface area contributed by atoms with E-state index in [4.69, 9.17) is 10.6 Å².